The summed E-state index contributed by atoms with van der Waals surface area (Å²) in [5.41, 5.74) is 2.48. The fourth-order valence-corrected chi connectivity index (χ4v) is 3.43. The molecule has 2 N–H and O–H groups in total. The quantitative estimate of drug-likeness (QED) is 0.848. The second-order valence-electron chi connectivity index (χ2n) is 5.80. The largest absolute Gasteiger partial charge is 0.495 e. The zero-order valence-electron chi connectivity index (χ0n) is 14.5. The van der Waals surface area contributed by atoms with Gasteiger partial charge in [0.1, 0.15) is 11.0 Å². The maximum Gasteiger partial charge on any atom is 0.240 e. The molecule has 1 aliphatic rings. The molecule has 26 heavy (non-hydrogen) atoms. The predicted octanol–water partition coefficient (Wildman–Crippen LogP) is 3.25. The monoisotopic (exact) mass is 369 g/mol. The number of nitrogens with one attached hydrogen (secondary N) is 2. The van der Waals surface area contributed by atoms with Crippen LogP contribution in [0.25, 0.3) is 0 Å². The molecule has 134 valence electrons. The van der Waals surface area contributed by atoms with Gasteiger partial charge in [0.05, 0.1) is 18.5 Å². The molecule has 3 rings (SSSR count). The summed E-state index contributed by atoms with van der Waals surface area (Å²) in [6, 6.07) is 14.8. The molecule has 1 heterocycles. The number of anilines is 1. The number of amidine groups is 1. The molecule has 0 spiro atoms. The van der Waals surface area contributed by atoms with Gasteiger partial charge in [0.15, 0.2) is 5.17 Å². The normalized spacial score (nSPS) is 17.8. The van der Waals surface area contributed by atoms with Gasteiger partial charge in [-0.15, -0.1) is 0 Å². The molecule has 1 atom stereocenters. The van der Waals surface area contributed by atoms with Gasteiger partial charge in [-0.25, -0.2) is 4.99 Å². The van der Waals surface area contributed by atoms with E-state index in [-0.39, 0.29) is 18.2 Å². The molecule has 2 amide bonds. The minimum Gasteiger partial charge on any atom is -0.495 e. The van der Waals surface area contributed by atoms with E-state index in [0.29, 0.717) is 16.6 Å². The Morgan fingerprint density at radius 3 is 2.69 bits per heavy atom. The molecule has 0 aromatic heterocycles. The molecule has 7 heteroatoms. The van der Waals surface area contributed by atoms with Crippen molar-refractivity contribution in [3.63, 3.8) is 0 Å². The lowest BCUT2D eigenvalue weighted by Gasteiger charge is -2.10. The van der Waals surface area contributed by atoms with E-state index >= 15 is 0 Å². The smallest absolute Gasteiger partial charge is 0.240 e. The first-order valence-electron chi connectivity index (χ1n) is 8.11. The summed E-state index contributed by atoms with van der Waals surface area (Å²) in [6.45, 7) is 2.00. The van der Waals surface area contributed by atoms with Crippen LogP contribution >= 0.6 is 11.8 Å². The number of rotatable bonds is 5. The number of ether oxygens (including phenoxy) is 1. The van der Waals surface area contributed by atoms with Crippen LogP contribution in [0.2, 0.25) is 0 Å². The lowest BCUT2D eigenvalue weighted by molar-refractivity contribution is -0.122. The Balaban J connectivity index is 1.62. The summed E-state index contributed by atoms with van der Waals surface area (Å²) in [4.78, 5) is 28.8. The van der Waals surface area contributed by atoms with E-state index in [1.165, 1.54) is 11.8 Å². The highest BCUT2D eigenvalue weighted by molar-refractivity contribution is 8.15. The number of carbonyl (C=O) groups is 2. The zero-order chi connectivity index (χ0) is 18.5. The Hall–Kier alpha value is -2.80. The molecule has 0 saturated carbocycles. The highest BCUT2D eigenvalue weighted by Gasteiger charge is 2.32. The van der Waals surface area contributed by atoms with Gasteiger partial charge in [-0.1, -0.05) is 41.6 Å². The second-order valence-corrected chi connectivity index (χ2v) is 6.99. The average Bonchev–Trinajstić information content (AvgIpc) is 2.96. The minimum atomic E-state index is -0.506. The number of nitrogens with zero attached hydrogens (tertiary/aromatic N) is 1. The maximum absolute atomic E-state index is 12.3. The van der Waals surface area contributed by atoms with E-state index in [1.807, 2.05) is 43.3 Å². The third kappa shape index (κ3) is 4.43. The second kappa shape index (κ2) is 8.05. The minimum absolute atomic E-state index is 0.0570. The number of hydrogen-bond donors (Lipinski definition) is 2. The molecular formula is C19H19N3O3S. The Morgan fingerprint density at radius 1 is 1.23 bits per heavy atom. The number of thioether (sulfide) groups is 1. The lowest BCUT2D eigenvalue weighted by atomic mass is 10.2. The van der Waals surface area contributed by atoms with Gasteiger partial charge in [0, 0.05) is 6.42 Å². The van der Waals surface area contributed by atoms with E-state index in [4.69, 9.17) is 4.74 Å². The summed E-state index contributed by atoms with van der Waals surface area (Å²) in [5.74, 6) is 0.112. The van der Waals surface area contributed by atoms with Crippen molar-refractivity contribution in [1.29, 1.82) is 0 Å². The van der Waals surface area contributed by atoms with Crippen molar-refractivity contribution < 1.29 is 14.3 Å². The van der Waals surface area contributed by atoms with Crippen LogP contribution in [0.15, 0.2) is 53.5 Å². The van der Waals surface area contributed by atoms with Gasteiger partial charge in [0.2, 0.25) is 11.8 Å². The number of hydrogen-bond acceptors (Lipinski definition) is 5. The van der Waals surface area contributed by atoms with Gasteiger partial charge >= 0.3 is 0 Å². The molecule has 6 nitrogen and oxygen atoms in total. The molecule has 0 bridgehead atoms. The summed E-state index contributed by atoms with van der Waals surface area (Å²) >= 11 is 1.26. The van der Waals surface area contributed by atoms with Gasteiger partial charge in [0.25, 0.3) is 0 Å². The first kappa shape index (κ1) is 18.0. The number of carbonyl (C=O) groups excluding carboxylic acids is 2. The van der Waals surface area contributed by atoms with Crippen LogP contribution in [-0.2, 0) is 9.59 Å². The number of benzene rings is 2. The molecule has 1 aliphatic heterocycles. The van der Waals surface area contributed by atoms with E-state index < -0.39 is 5.25 Å². The van der Waals surface area contributed by atoms with Crippen LogP contribution in [-0.4, -0.2) is 29.3 Å². The Morgan fingerprint density at radius 2 is 1.96 bits per heavy atom. The molecule has 1 fully saturated rings. The molecular weight excluding hydrogens is 350 g/mol. The third-order valence-corrected chi connectivity index (χ3v) is 4.87. The van der Waals surface area contributed by atoms with Crippen molar-refractivity contribution in [3.05, 3.63) is 54.1 Å². The SMILES string of the molecule is COc1ccccc1NC(=O)C[C@H]1SC(=Nc2ccc(C)cc2)NC1=O. The molecule has 2 aromatic rings. The fraction of sp³-hybridized carbons (Fsp3) is 0.211. The van der Waals surface area contributed by atoms with Crippen LogP contribution < -0.4 is 15.4 Å². The van der Waals surface area contributed by atoms with Crippen LogP contribution in [0, 0.1) is 6.92 Å². The molecule has 1 saturated heterocycles. The Bertz CT molecular complexity index is 849. The van der Waals surface area contributed by atoms with Crippen LogP contribution in [0.5, 0.6) is 5.75 Å². The van der Waals surface area contributed by atoms with Crippen molar-refractivity contribution >= 4 is 40.1 Å². The van der Waals surface area contributed by atoms with Crippen molar-refractivity contribution in [1.82, 2.24) is 5.32 Å². The molecule has 0 radical (unpaired) electrons. The van der Waals surface area contributed by atoms with Crippen LogP contribution in [0.1, 0.15) is 12.0 Å². The number of aliphatic imine (C=N–C) groups is 1. The number of aryl methyl sites for hydroxylation is 1. The fourth-order valence-electron chi connectivity index (χ4n) is 2.45. The topological polar surface area (TPSA) is 79.8 Å². The number of para-hydroxylation sites is 2. The van der Waals surface area contributed by atoms with E-state index in [1.54, 1.807) is 19.2 Å². The Labute approximate surface area is 156 Å². The summed E-state index contributed by atoms with van der Waals surface area (Å²) < 4.78 is 5.21. The van der Waals surface area contributed by atoms with E-state index in [0.717, 1.165) is 11.3 Å². The number of methoxy groups -OCH3 is 1. The Kier molecular flexibility index (Phi) is 5.58. The number of amides is 2. The molecule has 0 aliphatic carbocycles. The van der Waals surface area contributed by atoms with Crippen molar-refractivity contribution in [2.45, 2.75) is 18.6 Å². The average molecular weight is 369 g/mol. The van der Waals surface area contributed by atoms with Gasteiger partial charge in [-0.3, -0.25) is 9.59 Å². The van der Waals surface area contributed by atoms with Crippen molar-refractivity contribution in [2.75, 3.05) is 12.4 Å². The summed E-state index contributed by atoms with van der Waals surface area (Å²) in [5, 5.41) is 5.51. The predicted molar refractivity (Wildman–Crippen MR) is 104 cm³/mol. The highest BCUT2D eigenvalue weighted by Crippen LogP contribution is 2.27. The van der Waals surface area contributed by atoms with E-state index in [2.05, 4.69) is 15.6 Å². The van der Waals surface area contributed by atoms with Crippen molar-refractivity contribution in [3.8, 4) is 5.75 Å². The summed E-state index contributed by atoms with van der Waals surface area (Å²) in [6.07, 6.45) is 0.0570. The lowest BCUT2D eigenvalue weighted by Crippen LogP contribution is -2.28. The standard InChI is InChI=1S/C19H19N3O3S/c1-12-7-9-13(10-8-12)20-19-22-18(24)16(26-19)11-17(23)21-14-5-3-4-6-15(14)25-2/h3-10,16H,11H2,1-2H3,(H,21,23)(H,20,22,24)/t16-/m1/s1. The van der Waals surface area contributed by atoms with E-state index in [9.17, 15) is 9.59 Å². The highest BCUT2D eigenvalue weighted by atomic mass is 32.2. The molecule has 0 unspecified atom stereocenters. The zero-order valence-corrected chi connectivity index (χ0v) is 15.3. The third-order valence-electron chi connectivity index (χ3n) is 3.79. The first-order valence-corrected chi connectivity index (χ1v) is 8.99. The summed E-state index contributed by atoms with van der Waals surface area (Å²) in [7, 11) is 1.54. The van der Waals surface area contributed by atoms with Crippen LogP contribution in [0.4, 0.5) is 11.4 Å². The van der Waals surface area contributed by atoms with Gasteiger partial charge in [-0.2, -0.15) is 0 Å². The van der Waals surface area contributed by atoms with Gasteiger partial charge in [-0.05, 0) is 31.2 Å². The maximum atomic E-state index is 12.3. The van der Waals surface area contributed by atoms with Gasteiger partial charge < -0.3 is 15.4 Å². The van der Waals surface area contributed by atoms with Crippen molar-refractivity contribution in [2.24, 2.45) is 4.99 Å². The first-order chi connectivity index (χ1) is 12.5. The van der Waals surface area contributed by atoms with Crippen LogP contribution in [0.3, 0.4) is 0 Å². The molecule has 2 aromatic carbocycles.